The molecule has 1 heterocycles. The zero-order valence-electron chi connectivity index (χ0n) is 12.0. The van der Waals surface area contributed by atoms with E-state index in [0.717, 1.165) is 19.0 Å². The molecule has 0 aromatic rings. The third kappa shape index (κ3) is 3.39. The average molecular weight is 252 g/mol. The topological polar surface area (TPSA) is 23.6 Å². The summed E-state index contributed by atoms with van der Waals surface area (Å²) in [5.41, 5.74) is 0. The van der Waals surface area contributed by atoms with Crippen molar-refractivity contribution in [1.29, 1.82) is 0 Å². The summed E-state index contributed by atoms with van der Waals surface area (Å²) in [6.45, 7) is 4.24. The van der Waals surface area contributed by atoms with Crippen molar-refractivity contribution in [2.45, 2.75) is 64.3 Å². The van der Waals surface area contributed by atoms with E-state index in [1.807, 2.05) is 11.9 Å². The Morgan fingerprint density at radius 3 is 2.33 bits per heavy atom. The van der Waals surface area contributed by atoms with Gasteiger partial charge < -0.3 is 9.80 Å². The first-order chi connectivity index (χ1) is 8.68. The molecule has 0 aromatic heterocycles. The fraction of sp³-hybridized carbons (Fsp3) is 0.933. The second-order valence-electron chi connectivity index (χ2n) is 6.22. The van der Waals surface area contributed by atoms with Crippen LogP contribution in [0.5, 0.6) is 0 Å². The molecular formula is C15H28N2O. The molecule has 0 bridgehead atoms. The highest BCUT2D eigenvalue weighted by molar-refractivity contribution is 5.74. The van der Waals surface area contributed by atoms with Crippen molar-refractivity contribution in [3.63, 3.8) is 0 Å². The Kier molecular flexibility index (Phi) is 4.90. The normalized spacial score (nSPS) is 29.8. The lowest BCUT2D eigenvalue weighted by atomic mass is 9.86. The van der Waals surface area contributed by atoms with Gasteiger partial charge in [0.1, 0.15) is 0 Å². The van der Waals surface area contributed by atoms with E-state index in [-0.39, 0.29) is 6.03 Å². The van der Waals surface area contributed by atoms with Gasteiger partial charge in [-0.2, -0.15) is 0 Å². The largest absolute Gasteiger partial charge is 0.325 e. The molecule has 3 heteroatoms. The fourth-order valence-electron chi connectivity index (χ4n) is 3.40. The number of likely N-dealkylation sites (tertiary alicyclic amines) is 1. The average Bonchev–Trinajstić information content (AvgIpc) is 2.66. The molecule has 2 amide bonds. The van der Waals surface area contributed by atoms with Crippen molar-refractivity contribution in [3.05, 3.63) is 0 Å². The lowest BCUT2D eigenvalue weighted by Crippen LogP contribution is -2.47. The number of urea groups is 1. The number of hydrogen-bond donors (Lipinski definition) is 0. The van der Waals surface area contributed by atoms with Crippen molar-refractivity contribution >= 4 is 6.03 Å². The molecular weight excluding hydrogens is 224 g/mol. The number of carbonyl (C=O) groups is 1. The molecule has 1 aliphatic carbocycles. The molecule has 1 aliphatic heterocycles. The van der Waals surface area contributed by atoms with E-state index in [2.05, 4.69) is 11.8 Å². The molecule has 1 saturated heterocycles. The molecule has 2 fully saturated rings. The Bertz CT molecular complexity index is 272. The molecule has 104 valence electrons. The zero-order valence-corrected chi connectivity index (χ0v) is 12.0. The third-order valence-corrected chi connectivity index (χ3v) is 4.63. The van der Waals surface area contributed by atoms with Crippen molar-refractivity contribution in [1.82, 2.24) is 9.80 Å². The van der Waals surface area contributed by atoms with Gasteiger partial charge in [-0.15, -0.1) is 0 Å². The number of nitrogens with zero attached hydrogens (tertiary/aromatic N) is 2. The van der Waals surface area contributed by atoms with Crippen molar-refractivity contribution in [2.24, 2.45) is 5.92 Å². The van der Waals surface area contributed by atoms with E-state index in [9.17, 15) is 4.79 Å². The molecule has 3 nitrogen and oxygen atoms in total. The molecule has 2 rings (SSSR count). The summed E-state index contributed by atoms with van der Waals surface area (Å²) in [7, 11) is 2.01. The van der Waals surface area contributed by atoms with Crippen molar-refractivity contribution < 1.29 is 4.79 Å². The Morgan fingerprint density at radius 2 is 1.72 bits per heavy atom. The first kappa shape index (κ1) is 13.7. The summed E-state index contributed by atoms with van der Waals surface area (Å²) in [5.74, 6) is 0.781. The lowest BCUT2D eigenvalue weighted by Gasteiger charge is -2.37. The van der Waals surface area contributed by atoms with Crippen LogP contribution in [-0.2, 0) is 0 Å². The zero-order chi connectivity index (χ0) is 13.0. The van der Waals surface area contributed by atoms with Gasteiger partial charge in [-0.3, -0.25) is 0 Å². The first-order valence-corrected chi connectivity index (χ1v) is 7.70. The van der Waals surface area contributed by atoms with Gasteiger partial charge in [0.25, 0.3) is 0 Å². The van der Waals surface area contributed by atoms with Crippen LogP contribution >= 0.6 is 0 Å². The van der Waals surface area contributed by atoms with Gasteiger partial charge >= 0.3 is 6.03 Å². The van der Waals surface area contributed by atoms with Crippen LogP contribution in [-0.4, -0.2) is 42.0 Å². The summed E-state index contributed by atoms with van der Waals surface area (Å²) < 4.78 is 0. The van der Waals surface area contributed by atoms with E-state index in [0.29, 0.717) is 6.04 Å². The van der Waals surface area contributed by atoms with Gasteiger partial charge in [0, 0.05) is 26.2 Å². The van der Waals surface area contributed by atoms with Gasteiger partial charge in [-0.25, -0.2) is 4.79 Å². The molecule has 0 spiro atoms. The predicted molar refractivity (Wildman–Crippen MR) is 74.6 cm³/mol. The van der Waals surface area contributed by atoms with Crippen LogP contribution in [0.2, 0.25) is 0 Å². The van der Waals surface area contributed by atoms with Gasteiger partial charge in [-0.05, 0) is 31.6 Å². The molecule has 1 saturated carbocycles. The Balaban J connectivity index is 1.90. The van der Waals surface area contributed by atoms with Gasteiger partial charge in [0.15, 0.2) is 0 Å². The minimum absolute atomic E-state index is 0.274. The Hall–Kier alpha value is -0.730. The molecule has 0 N–H and O–H groups in total. The van der Waals surface area contributed by atoms with Gasteiger partial charge in [0.05, 0.1) is 0 Å². The number of rotatable bonds is 1. The lowest BCUT2D eigenvalue weighted by molar-refractivity contribution is 0.127. The molecule has 0 aromatic carbocycles. The summed E-state index contributed by atoms with van der Waals surface area (Å²) in [5, 5.41) is 0. The van der Waals surface area contributed by atoms with Crippen molar-refractivity contribution in [2.75, 3.05) is 20.1 Å². The van der Waals surface area contributed by atoms with Crippen LogP contribution in [0.3, 0.4) is 0 Å². The smallest absolute Gasteiger partial charge is 0.319 e. The molecule has 2 unspecified atom stereocenters. The molecule has 0 radical (unpaired) electrons. The minimum atomic E-state index is 0.274. The second-order valence-corrected chi connectivity index (χ2v) is 6.22. The van der Waals surface area contributed by atoms with E-state index in [1.165, 1.54) is 51.4 Å². The minimum Gasteiger partial charge on any atom is -0.325 e. The highest BCUT2D eigenvalue weighted by Crippen LogP contribution is 2.27. The number of hydrogen-bond acceptors (Lipinski definition) is 1. The van der Waals surface area contributed by atoms with Crippen LogP contribution in [0.4, 0.5) is 4.79 Å². The number of amides is 2. The molecule has 18 heavy (non-hydrogen) atoms. The summed E-state index contributed by atoms with van der Waals surface area (Å²) >= 11 is 0. The van der Waals surface area contributed by atoms with E-state index < -0.39 is 0 Å². The van der Waals surface area contributed by atoms with Crippen LogP contribution in [0.15, 0.2) is 0 Å². The maximum atomic E-state index is 12.5. The standard InChI is InChI=1S/C15H28N2O/c1-13-8-7-9-14(12-13)16(2)15(18)17-10-5-3-4-6-11-17/h13-14H,3-12H2,1-2H3. The first-order valence-electron chi connectivity index (χ1n) is 7.70. The second kappa shape index (κ2) is 6.44. The van der Waals surface area contributed by atoms with Crippen LogP contribution in [0.25, 0.3) is 0 Å². The third-order valence-electron chi connectivity index (χ3n) is 4.63. The summed E-state index contributed by atoms with van der Waals surface area (Å²) in [6.07, 6.45) is 9.94. The molecule has 2 aliphatic rings. The van der Waals surface area contributed by atoms with E-state index in [4.69, 9.17) is 0 Å². The summed E-state index contributed by atoms with van der Waals surface area (Å²) in [6, 6.07) is 0.750. The van der Waals surface area contributed by atoms with Crippen molar-refractivity contribution in [3.8, 4) is 0 Å². The Labute approximate surface area is 112 Å². The number of carbonyl (C=O) groups excluding carboxylic acids is 1. The van der Waals surface area contributed by atoms with Gasteiger partial charge in [0.2, 0.25) is 0 Å². The SMILES string of the molecule is CC1CCCC(N(C)C(=O)N2CCCCCC2)C1. The maximum absolute atomic E-state index is 12.5. The highest BCUT2D eigenvalue weighted by atomic mass is 16.2. The van der Waals surface area contributed by atoms with Crippen LogP contribution in [0, 0.1) is 5.92 Å². The van der Waals surface area contributed by atoms with Gasteiger partial charge in [-0.1, -0.05) is 32.6 Å². The highest BCUT2D eigenvalue weighted by Gasteiger charge is 2.28. The van der Waals surface area contributed by atoms with E-state index in [1.54, 1.807) is 0 Å². The predicted octanol–water partition coefficient (Wildman–Crippen LogP) is 3.49. The quantitative estimate of drug-likeness (QED) is 0.700. The fourth-order valence-corrected chi connectivity index (χ4v) is 3.40. The summed E-state index contributed by atoms with van der Waals surface area (Å²) in [4.78, 5) is 16.6. The molecule has 2 atom stereocenters. The Morgan fingerprint density at radius 1 is 1.06 bits per heavy atom. The van der Waals surface area contributed by atoms with Crippen LogP contribution in [0.1, 0.15) is 58.3 Å². The van der Waals surface area contributed by atoms with E-state index >= 15 is 0 Å². The maximum Gasteiger partial charge on any atom is 0.319 e. The monoisotopic (exact) mass is 252 g/mol. The van der Waals surface area contributed by atoms with Crippen LogP contribution < -0.4 is 0 Å².